The van der Waals surface area contributed by atoms with E-state index in [0.717, 1.165) is 6.04 Å². The van der Waals surface area contributed by atoms with Crippen LogP contribution < -0.4 is 9.80 Å². The van der Waals surface area contributed by atoms with E-state index < -0.39 is 0 Å². The molecule has 0 aliphatic carbocycles. The first-order valence-corrected chi connectivity index (χ1v) is 9.14. The number of nitrogens with one attached hydrogen (secondary N) is 2. The molecule has 116 valence electrons. The molecule has 0 bridgehead atoms. The summed E-state index contributed by atoms with van der Waals surface area (Å²) in [5, 5.41) is 0. The second-order valence-corrected chi connectivity index (χ2v) is 7.08. The molecule has 0 spiro atoms. The number of benzene rings is 1. The fourth-order valence-electron chi connectivity index (χ4n) is 4.29. The van der Waals surface area contributed by atoms with Gasteiger partial charge in [0.25, 0.3) is 0 Å². The Morgan fingerprint density at radius 3 is 2.29 bits per heavy atom. The van der Waals surface area contributed by atoms with Crippen LogP contribution in [0.2, 0.25) is 0 Å². The molecule has 0 atom stereocenters. The summed E-state index contributed by atoms with van der Waals surface area (Å²) in [5.41, 5.74) is 1.50. The molecule has 2 N–H and O–H groups in total. The van der Waals surface area contributed by atoms with Gasteiger partial charge < -0.3 is 9.80 Å². The Hall–Kier alpha value is -0.860. The van der Waals surface area contributed by atoms with Crippen molar-refractivity contribution in [2.45, 2.75) is 51.0 Å². The van der Waals surface area contributed by atoms with Gasteiger partial charge in [-0.1, -0.05) is 30.3 Å². The van der Waals surface area contributed by atoms with E-state index in [1.807, 2.05) is 9.80 Å². The Kier molecular flexibility index (Phi) is 5.70. The highest BCUT2D eigenvalue weighted by Gasteiger charge is 2.30. The van der Waals surface area contributed by atoms with Crippen LogP contribution in [0, 0.1) is 0 Å². The Morgan fingerprint density at radius 2 is 1.57 bits per heavy atom. The summed E-state index contributed by atoms with van der Waals surface area (Å²) < 4.78 is 0. The van der Waals surface area contributed by atoms with Gasteiger partial charge in [0.1, 0.15) is 0 Å². The van der Waals surface area contributed by atoms with Gasteiger partial charge in [0, 0.05) is 19.3 Å². The van der Waals surface area contributed by atoms with Gasteiger partial charge in [-0.2, -0.15) is 0 Å². The molecule has 0 saturated carbocycles. The highest BCUT2D eigenvalue weighted by Crippen LogP contribution is 2.03. The Labute approximate surface area is 130 Å². The standard InChI is InChI=1S/C19H30N2/c1-3-8-18(9-4-1)10-7-13-20-16-11-19(12-17-20)21-14-5-2-6-15-21/h1,3-4,8-9,19H,2,5-7,10-17H2/p+2. The fourth-order valence-corrected chi connectivity index (χ4v) is 4.29. The fraction of sp³-hybridized carbons (Fsp3) is 0.684. The van der Waals surface area contributed by atoms with Gasteiger partial charge >= 0.3 is 0 Å². The van der Waals surface area contributed by atoms with Crippen molar-refractivity contribution in [3.8, 4) is 0 Å². The van der Waals surface area contributed by atoms with Crippen molar-refractivity contribution < 1.29 is 9.80 Å². The number of aryl methyl sites for hydroxylation is 1. The molecule has 2 nitrogen and oxygen atoms in total. The third-order valence-electron chi connectivity index (χ3n) is 5.60. The van der Waals surface area contributed by atoms with Crippen molar-refractivity contribution in [3.63, 3.8) is 0 Å². The number of piperidine rings is 2. The minimum absolute atomic E-state index is 0.989. The molecule has 2 heteroatoms. The van der Waals surface area contributed by atoms with E-state index in [1.165, 1.54) is 83.2 Å². The first-order chi connectivity index (χ1) is 10.4. The summed E-state index contributed by atoms with van der Waals surface area (Å²) >= 11 is 0. The summed E-state index contributed by atoms with van der Waals surface area (Å²) in [6.45, 7) is 7.12. The molecule has 3 rings (SSSR count). The van der Waals surface area contributed by atoms with Crippen LogP contribution in [0.25, 0.3) is 0 Å². The maximum absolute atomic E-state index is 2.27. The SMILES string of the molecule is c1ccc(CCC[NH+]2CCC([NH+]3CCCCC3)CC2)cc1. The van der Waals surface area contributed by atoms with Crippen molar-refractivity contribution in [1.29, 1.82) is 0 Å². The van der Waals surface area contributed by atoms with E-state index in [4.69, 9.17) is 0 Å². The maximum atomic E-state index is 2.27. The second-order valence-electron chi connectivity index (χ2n) is 7.08. The molecule has 1 aromatic carbocycles. The highest BCUT2D eigenvalue weighted by atomic mass is 15.2. The lowest BCUT2D eigenvalue weighted by atomic mass is 9.99. The van der Waals surface area contributed by atoms with Crippen molar-refractivity contribution in [2.75, 3.05) is 32.7 Å². The number of hydrogen-bond donors (Lipinski definition) is 2. The molecule has 2 heterocycles. The van der Waals surface area contributed by atoms with Gasteiger partial charge in [-0.05, 0) is 31.2 Å². The molecule has 0 radical (unpaired) electrons. The van der Waals surface area contributed by atoms with Crippen molar-refractivity contribution >= 4 is 0 Å². The van der Waals surface area contributed by atoms with E-state index in [9.17, 15) is 0 Å². The zero-order valence-corrected chi connectivity index (χ0v) is 13.4. The molecule has 2 fully saturated rings. The molecule has 2 aliphatic rings. The summed E-state index contributed by atoms with van der Waals surface area (Å²) in [6, 6.07) is 12.0. The monoisotopic (exact) mass is 288 g/mol. The average Bonchev–Trinajstić information content (AvgIpc) is 2.57. The number of rotatable bonds is 5. The number of hydrogen-bond acceptors (Lipinski definition) is 0. The molecule has 21 heavy (non-hydrogen) atoms. The molecular formula is C19H32N2+2. The zero-order valence-electron chi connectivity index (χ0n) is 13.4. The van der Waals surface area contributed by atoms with Gasteiger partial charge in [-0.15, -0.1) is 0 Å². The average molecular weight is 288 g/mol. The predicted octanol–water partition coefficient (Wildman–Crippen LogP) is 0.735. The van der Waals surface area contributed by atoms with Crippen LogP contribution in [0.1, 0.15) is 44.1 Å². The maximum Gasteiger partial charge on any atom is 0.0983 e. The van der Waals surface area contributed by atoms with E-state index in [-0.39, 0.29) is 0 Å². The normalized spacial score (nSPS) is 27.6. The lowest BCUT2D eigenvalue weighted by Gasteiger charge is -2.36. The van der Waals surface area contributed by atoms with Crippen LogP contribution in [0.5, 0.6) is 0 Å². The topological polar surface area (TPSA) is 8.88 Å². The van der Waals surface area contributed by atoms with E-state index >= 15 is 0 Å². The largest absolute Gasteiger partial charge is 0.335 e. The number of likely N-dealkylation sites (tertiary alicyclic amines) is 2. The zero-order chi connectivity index (χ0) is 14.3. The number of quaternary nitrogens is 2. The molecule has 2 aliphatic heterocycles. The molecule has 0 amide bonds. The summed E-state index contributed by atoms with van der Waals surface area (Å²) in [6.07, 6.45) is 9.96. The van der Waals surface area contributed by atoms with Gasteiger partial charge in [-0.3, -0.25) is 0 Å². The van der Waals surface area contributed by atoms with Crippen LogP contribution >= 0.6 is 0 Å². The minimum atomic E-state index is 0.989. The lowest BCUT2D eigenvalue weighted by Crippen LogP contribution is -3.21. The second kappa shape index (κ2) is 7.95. The molecular weight excluding hydrogens is 256 g/mol. The van der Waals surface area contributed by atoms with Crippen molar-refractivity contribution in [2.24, 2.45) is 0 Å². The summed E-state index contributed by atoms with van der Waals surface area (Å²) in [4.78, 5) is 3.79. The van der Waals surface area contributed by atoms with Crippen molar-refractivity contribution in [1.82, 2.24) is 0 Å². The quantitative estimate of drug-likeness (QED) is 0.791. The third-order valence-corrected chi connectivity index (χ3v) is 5.60. The molecule has 2 saturated heterocycles. The molecule has 0 aromatic heterocycles. The summed E-state index contributed by atoms with van der Waals surface area (Å²) in [7, 11) is 0. The van der Waals surface area contributed by atoms with Gasteiger partial charge in [0.2, 0.25) is 0 Å². The van der Waals surface area contributed by atoms with Crippen molar-refractivity contribution in [3.05, 3.63) is 35.9 Å². The van der Waals surface area contributed by atoms with Crippen LogP contribution in [0.3, 0.4) is 0 Å². The van der Waals surface area contributed by atoms with Gasteiger partial charge in [-0.25, -0.2) is 0 Å². The van der Waals surface area contributed by atoms with E-state index in [2.05, 4.69) is 30.3 Å². The predicted molar refractivity (Wildman–Crippen MR) is 87.9 cm³/mol. The smallest absolute Gasteiger partial charge is 0.0983 e. The Bertz CT molecular complexity index is 389. The lowest BCUT2D eigenvalue weighted by molar-refractivity contribution is -0.960. The Morgan fingerprint density at radius 1 is 0.857 bits per heavy atom. The van der Waals surface area contributed by atoms with Crippen LogP contribution in [0.4, 0.5) is 0 Å². The van der Waals surface area contributed by atoms with E-state index in [1.54, 1.807) is 0 Å². The molecule has 1 aromatic rings. The van der Waals surface area contributed by atoms with Crippen LogP contribution in [-0.4, -0.2) is 38.8 Å². The first-order valence-electron chi connectivity index (χ1n) is 9.14. The van der Waals surface area contributed by atoms with Crippen LogP contribution in [-0.2, 0) is 6.42 Å². The Balaban J connectivity index is 1.34. The van der Waals surface area contributed by atoms with Crippen LogP contribution in [0.15, 0.2) is 30.3 Å². The minimum Gasteiger partial charge on any atom is -0.335 e. The van der Waals surface area contributed by atoms with Gasteiger partial charge in [0.15, 0.2) is 0 Å². The molecule has 0 unspecified atom stereocenters. The van der Waals surface area contributed by atoms with E-state index in [0.29, 0.717) is 0 Å². The van der Waals surface area contributed by atoms with Gasteiger partial charge in [0.05, 0.1) is 38.8 Å². The summed E-state index contributed by atoms with van der Waals surface area (Å²) in [5.74, 6) is 0. The highest BCUT2D eigenvalue weighted by molar-refractivity contribution is 5.14. The first kappa shape index (κ1) is 15.1. The third kappa shape index (κ3) is 4.55.